The molecule has 0 aliphatic carbocycles. The fraction of sp³-hybridized carbons (Fsp3) is 0.438. The van der Waals surface area contributed by atoms with Crippen molar-refractivity contribution in [2.45, 2.75) is 46.5 Å². The SMILES string of the molecule is Cc1cc(C(C)(C)C)cc(C)c1Cc1noc(C=O)n1. The molecule has 0 spiro atoms. The molecule has 0 radical (unpaired) electrons. The largest absolute Gasteiger partial charge is 0.331 e. The van der Waals surface area contributed by atoms with Crippen LogP contribution in [-0.4, -0.2) is 16.4 Å². The zero-order valence-electron chi connectivity index (χ0n) is 12.7. The summed E-state index contributed by atoms with van der Waals surface area (Å²) < 4.78 is 4.81. The maximum atomic E-state index is 10.6. The van der Waals surface area contributed by atoms with Gasteiger partial charge in [0.15, 0.2) is 5.82 Å². The van der Waals surface area contributed by atoms with E-state index in [9.17, 15) is 4.79 Å². The van der Waals surface area contributed by atoms with Crippen molar-refractivity contribution in [2.75, 3.05) is 0 Å². The van der Waals surface area contributed by atoms with Gasteiger partial charge < -0.3 is 4.52 Å². The van der Waals surface area contributed by atoms with Gasteiger partial charge in [-0.2, -0.15) is 4.98 Å². The third kappa shape index (κ3) is 2.95. The summed E-state index contributed by atoms with van der Waals surface area (Å²) in [6.07, 6.45) is 1.15. The second-order valence-corrected chi connectivity index (χ2v) is 6.18. The summed E-state index contributed by atoms with van der Waals surface area (Å²) >= 11 is 0. The van der Waals surface area contributed by atoms with Crippen molar-refractivity contribution in [3.8, 4) is 0 Å². The lowest BCUT2D eigenvalue weighted by Crippen LogP contribution is -2.12. The first kappa shape index (κ1) is 14.4. The van der Waals surface area contributed by atoms with Gasteiger partial charge >= 0.3 is 0 Å². The predicted molar refractivity (Wildman–Crippen MR) is 77.1 cm³/mol. The molecule has 1 aromatic carbocycles. The van der Waals surface area contributed by atoms with Crippen LogP contribution in [0, 0.1) is 13.8 Å². The van der Waals surface area contributed by atoms with Crippen LogP contribution in [0.15, 0.2) is 16.7 Å². The molecule has 4 heteroatoms. The maximum absolute atomic E-state index is 10.6. The van der Waals surface area contributed by atoms with Crippen molar-refractivity contribution in [3.63, 3.8) is 0 Å². The molecule has 0 saturated heterocycles. The minimum atomic E-state index is 0.0293. The molecule has 0 aliphatic heterocycles. The standard InChI is InChI=1S/C16H20N2O2/c1-10-6-12(16(3,4)5)7-11(2)13(10)8-14-17-15(9-19)20-18-14/h6-7,9H,8H2,1-5H3. The van der Waals surface area contributed by atoms with E-state index in [0.717, 1.165) is 0 Å². The molecule has 0 fully saturated rings. The van der Waals surface area contributed by atoms with Gasteiger partial charge in [0.1, 0.15) is 0 Å². The van der Waals surface area contributed by atoms with E-state index in [1.807, 2.05) is 0 Å². The highest BCUT2D eigenvalue weighted by molar-refractivity contribution is 5.67. The normalized spacial score (nSPS) is 11.7. The molecule has 0 bridgehead atoms. The maximum Gasteiger partial charge on any atom is 0.290 e. The number of carbonyl (C=O) groups excluding carboxylic acids is 1. The average molecular weight is 272 g/mol. The number of carbonyl (C=O) groups is 1. The molecule has 2 aromatic rings. The molecule has 2 rings (SSSR count). The summed E-state index contributed by atoms with van der Waals surface area (Å²) in [6, 6.07) is 4.42. The summed E-state index contributed by atoms with van der Waals surface area (Å²) in [5.41, 5.74) is 5.07. The number of nitrogens with zero attached hydrogens (tertiary/aromatic N) is 2. The summed E-state index contributed by atoms with van der Waals surface area (Å²) in [5, 5.41) is 3.82. The van der Waals surface area contributed by atoms with Crippen LogP contribution < -0.4 is 0 Å². The van der Waals surface area contributed by atoms with Crippen LogP contribution in [0.2, 0.25) is 0 Å². The first-order valence-electron chi connectivity index (χ1n) is 6.69. The smallest absolute Gasteiger partial charge is 0.290 e. The molecule has 4 nitrogen and oxygen atoms in total. The summed E-state index contributed by atoms with van der Waals surface area (Å²) in [4.78, 5) is 14.6. The van der Waals surface area contributed by atoms with Gasteiger partial charge in [-0.3, -0.25) is 4.79 Å². The van der Waals surface area contributed by atoms with Crippen LogP contribution in [0.4, 0.5) is 0 Å². The quantitative estimate of drug-likeness (QED) is 0.804. The minimum absolute atomic E-state index is 0.0293. The number of rotatable bonds is 3. The molecule has 0 atom stereocenters. The van der Waals surface area contributed by atoms with Crippen LogP contribution in [0.1, 0.15) is 59.5 Å². The molecule has 106 valence electrons. The number of aromatic nitrogens is 2. The Balaban J connectivity index is 2.35. The van der Waals surface area contributed by atoms with Gasteiger partial charge in [0.05, 0.1) is 0 Å². The molecule has 20 heavy (non-hydrogen) atoms. The van der Waals surface area contributed by atoms with Crippen LogP contribution >= 0.6 is 0 Å². The number of hydrogen-bond donors (Lipinski definition) is 0. The Morgan fingerprint density at radius 2 is 1.80 bits per heavy atom. The molecule has 0 amide bonds. The highest BCUT2D eigenvalue weighted by Crippen LogP contribution is 2.27. The van der Waals surface area contributed by atoms with E-state index in [0.29, 0.717) is 18.5 Å². The second-order valence-electron chi connectivity index (χ2n) is 6.18. The molecule has 1 aromatic heterocycles. The Hall–Kier alpha value is -1.97. The lowest BCUT2D eigenvalue weighted by atomic mass is 9.83. The van der Waals surface area contributed by atoms with Gasteiger partial charge in [0.25, 0.3) is 5.89 Å². The van der Waals surface area contributed by atoms with E-state index in [-0.39, 0.29) is 11.3 Å². The monoisotopic (exact) mass is 272 g/mol. The molecule has 1 heterocycles. The Morgan fingerprint density at radius 3 is 2.25 bits per heavy atom. The average Bonchev–Trinajstić information content (AvgIpc) is 2.80. The fourth-order valence-corrected chi connectivity index (χ4v) is 2.25. The van der Waals surface area contributed by atoms with Crippen molar-refractivity contribution >= 4 is 6.29 Å². The van der Waals surface area contributed by atoms with Crippen LogP contribution in [0.3, 0.4) is 0 Å². The Bertz CT molecular complexity index is 613. The van der Waals surface area contributed by atoms with E-state index in [4.69, 9.17) is 4.52 Å². The molecule has 0 aliphatic rings. The number of aryl methyl sites for hydroxylation is 2. The molecule has 0 unspecified atom stereocenters. The van der Waals surface area contributed by atoms with E-state index in [2.05, 4.69) is 56.9 Å². The predicted octanol–water partition coefficient (Wildman–Crippen LogP) is 3.39. The zero-order chi connectivity index (χ0) is 14.9. The van der Waals surface area contributed by atoms with E-state index >= 15 is 0 Å². The number of benzene rings is 1. The molecular weight excluding hydrogens is 252 g/mol. The van der Waals surface area contributed by atoms with Crippen LogP contribution in [0.5, 0.6) is 0 Å². The van der Waals surface area contributed by atoms with Crippen molar-refractivity contribution < 1.29 is 9.32 Å². The van der Waals surface area contributed by atoms with Gasteiger partial charge in [-0.1, -0.05) is 38.1 Å². The Morgan fingerprint density at radius 1 is 1.20 bits per heavy atom. The molecular formula is C16H20N2O2. The molecule has 0 saturated carbocycles. The van der Waals surface area contributed by atoms with Crippen molar-refractivity contribution in [1.29, 1.82) is 0 Å². The first-order chi connectivity index (χ1) is 9.31. The zero-order valence-corrected chi connectivity index (χ0v) is 12.7. The topological polar surface area (TPSA) is 56.0 Å². The number of hydrogen-bond acceptors (Lipinski definition) is 4. The fourth-order valence-electron chi connectivity index (χ4n) is 2.25. The van der Waals surface area contributed by atoms with Gasteiger partial charge in [-0.05, 0) is 41.5 Å². The Labute approximate surface area is 119 Å². The van der Waals surface area contributed by atoms with Crippen molar-refractivity contribution in [2.24, 2.45) is 0 Å². The second kappa shape index (κ2) is 5.19. The summed E-state index contributed by atoms with van der Waals surface area (Å²) in [6.45, 7) is 10.8. The highest BCUT2D eigenvalue weighted by Gasteiger charge is 2.17. The van der Waals surface area contributed by atoms with Gasteiger partial charge in [0, 0.05) is 6.42 Å². The van der Waals surface area contributed by atoms with E-state index < -0.39 is 0 Å². The lowest BCUT2D eigenvalue weighted by Gasteiger charge is -2.22. The Kier molecular flexibility index (Phi) is 3.75. The van der Waals surface area contributed by atoms with Gasteiger partial charge in [0.2, 0.25) is 6.29 Å². The highest BCUT2D eigenvalue weighted by atomic mass is 16.5. The van der Waals surface area contributed by atoms with Crippen LogP contribution in [-0.2, 0) is 11.8 Å². The minimum Gasteiger partial charge on any atom is -0.331 e. The number of aldehydes is 1. The van der Waals surface area contributed by atoms with E-state index in [1.165, 1.54) is 22.3 Å². The molecule has 0 N–H and O–H groups in total. The van der Waals surface area contributed by atoms with Crippen LogP contribution in [0.25, 0.3) is 0 Å². The van der Waals surface area contributed by atoms with Gasteiger partial charge in [-0.25, -0.2) is 0 Å². The summed E-state index contributed by atoms with van der Waals surface area (Å²) in [5.74, 6) is 0.573. The van der Waals surface area contributed by atoms with E-state index in [1.54, 1.807) is 0 Å². The lowest BCUT2D eigenvalue weighted by molar-refractivity contribution is 0.108. The third-order valence-electron chi connectivity index (χ3n) is 3.48. The first-order valence-corrected chi connectivity index (χ1v) is 6.69. The summed E-state index contributed by atoms with van der Waals surface area (Å²) in [7, 11) is 0. The van der Waals surface area contributed by atoms with Crippen molar-refractivity contribution in [1.82, 2.24) is 10.1 Å². The van der Waals surface area contributed by atoms with Crippen molar-refractivity contribution in [3.05, 3.63) is 46.1 Å². The van der Waals surface area contributed by atoms with Gasteiger partial charge in [-0.15, -0.1) is 0 Å². The third-order valence-corrected chi connectivity index (χ3v) is 3.48.